The highest BCUT2D eigenvalue weighted by atomic mass is 16.3. The minimum atomic E-state index is -0.289. The van der Waals surface area contributed by atoms with Gasteiger partial charge in [-0.05, 0) is 33.1 Å². The molecule has 2 N–H and O–H groups in total. The Morgan fingerprint density at radius 3 is 2.52 bits per heavy atom. The highest BCUT2D eigenvalue weighted by Gasteiger charge is 2.14. The third kappa shape index (κ3) is 5.50. The van der Waals surface area contributed by atoms with Crippen LogP contribution < -0.4 is 10.2 Å². The van der Waals surface area contributed by atoms with Gasteiger partial charge in [-0.2, -0.15) is 0 Å². The van der Waals surface area contributed by atoms with E-state index >= 15 is 0 Å². The monoisotopic (exact) mass is 294 g/mol. The Hall–Kier alpha value is -1.36. The molecule has 0 aromatic carbocycles. The van der Waals surface area contributed by atoms with Crippen LogP contribution >= 0.6 is 0 Å². The number of rotatable bonds is 9. The summed E-state index contributed by atoms with van der Waals surface area (Å²) in [4.78, 5) is 11.5. The first-order chi connectivity index (χ1) is 9.99. The zero-order chi connectivity index (χ0) is 15.8. The number of aryl methyl sites for hydroxylation is 1. The molecule has 0 aliphatic heterocycles. The predicted molar refractivity (Wildman–Crippen MR) is 89.1 cm³/mol. The molecule has 0 fully saturated rings. The summed E-state index contributed by atoms with van der Waals surface area (Å²) in [5.74, 6) is 2.79. The lowest BCUT2D eigenvalue weighted by Crippen LogP contribution is -2.25. The fourth-order valence-electron chi connectivity index (χ4n) is 2.16. The molecule has 0 aliphatic carbocycles. The highest BCUT2D eigenvalue weighted by Crippen LogP contribution is 2.23. The number of hydrogen-bond acceptors (Lipinski definition) is 5. The molecular weight excluding hydrogens is 264 g/mol. The lowest BCUT2D eigenvalue weighted by molar-refractivity contribution is 0.187. The Morgan fingerprint density at radius 2 is 1.95 bits per heavy atom. The summed E-state index contributed by atoms with van der Waals surface area (Å²) in [5.41, 5.74) is 1.08. The van der Waals surface area contributed by atoms with Crippen LogP contribution in [0.2, 0.25) is 0 Å². The minimum absolute atomic E-state index is 0.289. The van der Waals surface area contributed by atoms with Crippen molar-refractivity contribution in [3.8, 4) is 0 Å². The van der Waals surface area contributed by atoms with Crippen molar-refractivity contribution in [1.82, 2.24) is 9.97 Å². The van der Waals surface area contributed by atoms with E-state index in [9.17, 15) is 5.11 Å². The zero-order valence-electron chi connectivity index (χ0n) is 14.1. The van der Waals surface area contributed by atoms with Crippen molar-refractivity contribution in [2.24, 2.45) is 0 Å². The van der Waals surface area contributed by atoms with E-state index in [1.165, 1.54) is 0 Å². The van der Waals surface area contributed by atoms with Crippen molar-refractivity contribution >= 4 is 11.6 Å². The van der Waals surface area contributed by atoms with Crippen molar-refractivity contribution in [2.75, 3.05) is 30.4 Å². The minimum Gasteiger partial charge on any atom is -0.393 e. The number of anilines is 2. The molecule has 1 aromatic heterocycles. The fraction of sp³-hybridized carbons (Fsp3) is 0.750. The Bertz CT molecular complexity index is 435. The molecule has 5 heteroatoms. The van der Waals surface area contributed by atoms with Crippen LogP contribution in [0.15, 0.2) is 0 Å². The first kappa shape index (κ1) is 17.7. The molecule has 0 radical (unpaired) electrons. The second kappa shape index (κ2) is 8.82. The molecule has 1 rings (SSSR count). The quantitative estimate of drug-likeness (QED) is 0.733. The summed E-state index contributed by atoms with van der Waals surface area (Å²) in [6.07, 6.45) is 3.44. The number of hydrogen-bond donors (Lipinski definition) is 2. The third-order valence-electron chi connectivity index (χ3n) is 3.43. The van der Waals surface area contributed by atoms with Crippen LogP contribution in [0.5, 0.6) is 0 Å². The van der Waals surface area contributed by atoms with E-state index in [2.05, 4.69) is 36.0 Å². The topological polar surface area (TPSA) is 61.3 Å². The molecule has 5 nitrogen and oxygen atoms in total. The molecule has 1 atom stereocenters. The van der Waals surface area contributed by atoms with Gasteiger partial charge in [0.15, 0.2) is 0 Å². The molecule has 0 saturated heterocycles. The predicted octanol–water partition coefficient (Wildman–Crippen LogP) is 2.77. The van der Waals surface area contributed by atoms with Crippen molar-refractivity contribution in [2.45, 2.75) is 59.5 Å². The number of aliphatic hydroxyl groups excluding tert-OH is 1. The SMILES string of the molecule is CCCNc1nc(CCC)nc(N(C)CCC(C)O)c1C. The number of aromatic nitrogens is 2. The van der Waals surface area contributed by atoms with Gasteiger partial charge in [-0.25, -0.2) is 9.97 Å². The van der Waals surface area contributed by atoms with Gasteiger partial charge in [0.05, 0.1) is 6.10 Å². The average Bonchev–Trinajstić information content (AvgIpc) is 2.45. The molecule has 1 unspecified atom stereocenters. The maximum Gasteiger partial charge on any atom is 0.137 e. The van der Waals surface area contributed by atoms with E-state index in [0.717, 1.165) is 61.8 Å². The molecule has 0 bridgehead atoms. The van der Waals surface area contributed by atoms with Crippen LogP contribution in [-0.4, -0.2) is 41.3 Å². The number of aliphatic hydroxyl groups is 1. The molecule has 0 aliphatic rings. The summed E-state index contributed by atoms with van der Waals surface area (Å²) >= 11 is 0. The van der Waals surface area contributed by atoms with E-state index < -0.39 is 0 Å². The van der Waals surface area contributed by atoms with Gasteiger partial charge in [0.25, 0.3) is 0 Å². The third-order valence-corrected chi connectivity index (χ3v) is 3.43. The lowest BCUT2D eigenvalue weighted by Gasteiger charge is -2.23. The van der Waals surface area contributed by atoms with Crippen LogP contribution in [-0.2, 0) is 6.42 Å². The Morgan fingerprint density at radius 1 is 1.24 bits per heavy atom. The summed E-state index contributed by atoms with van der Waals surface area (Å²) in [6.45, 7) is 9.86. The van der Waals surface area contributed by atoms with E-state index in [4.69, 9.17) is 4.98 Å². The molecule has 1 heterocycles. The second-order valence-corrected chi connectivity index (χ2v) is 5.67. The first-order valence-electron chi connectivity index (χ1n) is 8.00. The van der Waals surface area contributed by atoms with Crippen LogP contribution in [0.25, 0.3) is 0 Å². The van der Waals surface area contributed by atoms with Gasteiger partial charge in [-0.15, -0.1) is 0 Å². The van der Waals surface area contributed by atoms with Crippen LogP contribution in [0.3, 0.4) is 0 Å². The first-order valence-corrected chi connectivity index (χ1v) is 8.00. The second-order valence-electron chi connectivity index (χ2n) is 5.67. The van der Waals surface area contributed by atoms with Gasteiger partial charge < -0.3 is 15.3 Å². The van der Waals surface area contributed by atoms with Crippen molar-refractivity contribution in [3.05, 3.63) is 11.4 Å². The lowest BCUT2D eigenvalue weighted by atomic mass is 10.2. The molecule has 0 saturated carbocycles. The smallest absolute Gasteiger partial charge is 0.137 e. The molecule has 0 spiro atoms. The molecule has 1 aromatic rings. The number of nitrogens with one attached hydrogen (secondary N) is 1. The van der Waals surface area contributed by atoms with Gasteiger partial charge in [-0.3, -0.25) is 0 Å². The van der Waals surface area contributed by atoms with E-state index in [1.54, 1.807) is 0 Å². The van der Waals surface area contributed by atoms with E-state index in [0.29, 0.717) is 0 Å². The average molecular weight is 294 g/mol. The molecular formula is C16H30N4O. The van der Waals surface area contributed by atoms with Crippen molar-refractivity contribution < 1.29 is 5.11 Å². The Balaban J connectivity index is 3.00. The largest absolute Gasteiger partial charge is 0.393 e. The highest BCUT2D eigenvalue weighted by molar-refractivity contribution is 5.58. The van der Waals surface area contributed by atoms with E-state index in [-0.39, 0.29) is 6.10 Å². The normalized spacial score (nSPS) is 12.3. The summed E-state index contributed by atoms with van der Waals surface area (Å²) < 4.78 is 0. The molecule has 120 valence electrons. The van der Waals surface area contributed by atoms with E-state index in [1.807, 2.05) is 14.0 Å². The van der Waals surface area contributed by atoms with Crippen LogP contribution in [0.1, 0.15) is 51.4 Å². The summed E-state index contributed by atoms with van der Waals surface area (Å²) in [7, 11) is 2.02. The Kier molecular flexibility index (Phi) is 7.43. The maximum absolute atomic E-state index is 9.46. The van der Waals surface area contributed by atoms with Crippen molar-refractivity contribution in [3.63, 3.8) is 0 Å². The van der Waals surface area contributed by atoms with Gasteiger partial charge in [-0.1, -0.05) is 13.8 Å². The van der Waals surface area contributed by atoms with Gasteiger partial charge >= 0.3 is 0 Å². The summed E-state index contributed by atoms with van der Waals surface area (Å²) in [6, 6.07) is 0. The molecule has 21 heavy (non-hydrogen) atoms. The number of nitrogens with zero attached hydrogens (tertiary/aromatic N) is 3. The van der Waals surface area contributed by atoms with Gasteiger partial charge in [0.2, 0.25) is 0 Å². The van der Waals surface area contributed by atoms with Crippen LogP contribution in [0, 0.1) is 6.92 Å². The van der Waals surface area contributed by atoms with Crippen molar-refractivity contribution in [1.29, 1.82) is 0 Å². The Labute approximate surface area is 128 Å². The summed E-state index contributed by atoms with van der Waals surface area (Å²) in [5, 5.41) is 12.8. The van der Waals surface area contributed by atoms with Gasteiger partial charge in [0.1, 0.15) is 17.5 Å². The fourth-order valence-corrected chi connectivity index (χ4v) is 2.16. The maximum atomic E-state index is 9.46. The van der Waals surface area contributed by atoms with Gasteiger partial charge in [0, 0.05) is 32.1 Å². The standard InChI is InChI=1S/C16H30N4O/c1-6-8-14-18-15(17-10-7-2)13(4)16(19-14)20(5)11-9-12(3)21/h12,21H,6-11H2,1-5H3,(H,17,18,19). The molecule has 0 amide bonds. The van der Waals surface area contributed by atoms with Crippen LogP contribution in [0.4, 0.5) is 11.6 Å². The zero-order valence-corrected chi connectivity index (χ0v) is 14.1.